The van der Waals surface area contributed by atoms with E-state index in [2.05, 4.69) is 9.72 Å². The minimum Gasteiger partial charge on any atom is -0.464 e. The average Bonchev–Trinajstić information content (AvgIpc) is 3.00. The van der Waals surface area contributed by atoms with E-state index in [4.69, 9.17) is 5.73 Å². The maximum atomic E-state index is 11.3. The van der Waals surface area contributed by atoms with Gasteiger partial charge in [0.2, 0.25) is 0 Å². The van der Waals surface area contributed by atoms with Crippen LogP contribution in [0.1, 0.15) is 39.3 Å². The SMILES string of the molecule is COC(=O)c1nc(C(N)C2CC2)sc1C. The van der Waals surface area contributed by atoms with Gasteiger partial charge in [0.25, 0.3) is 0 Å². The second kappa shape index (κ2) is 3.90. The number of methoxy groups -OCH3 is 1. The van der Waals surface area contributed by atoms with Gasteiger partial charge < -0.3 is 10.5 Å². The lowest BCUT2D eigenvalue weighted by molar-refractivity contribution is 0.0594. The fraction of sp³-hybridized carbons (Fsp3) is 0.600. The zero-order chi connectivity index (χ0) is 11.0. The van der Waals surface area contributed by atoms with Crippen LogP contribution in [0.15, 0.2) is 0 Å². The van der Waals surface area contributed by atoms with Crippen molar-refractivity contribution >= 4 is 17.3 Å². The molecule has 82 valence electrons. The molecule has 0 aliphatic heterocycles. The summed E-state index contributed by atoms with van der Waals surface area (Å²) in [4.78, 5) is 16.5. The summed E-state index contributed by atoms with van der Waals surface area (Å²) in [6.45, 7) is 1.87. The van der Waals surface area contributed by atoms with Crippen LogP contribution in [0.5, 0.6) is 0 Å². The summed E-state index contributed by atoms with van der Waals surface area (Å²) in [5, 5.41) is 0.857. The third-order valence-corrected chi connectivity index (χ3v) is 3.68. The first-order valence-corrected chi connectivity index (χ1v) is 5.76. The summed E-state index contributed by atoms with van der Waals surface area (Å²) >= 11 is 1.50. The van der Waals surface area contributed by atoms with Crippen LogP contribution in [-0.4, -0.2) is 18.1 Å². The minimum absolute atomic E-state index is 0.00731. The van der Waals surface area contributed by atoms with Gasteiger partial charge in [-0.05, 0) is 25.7 Å². The molecule has 2 N–H and O–H groups in total. The number of aryl methyl sites for hydroxylation is 1. The number of rotatable bonds is 3. The fourth-order valence-corrected chi connectivity index (χ4v) is 2.51. The summed E-state index contributed by atoms with van der Waals surface area (Å²) in [5.74, 6) is 0.180. The van der Waals surface area contributed by atoms with E-state index in [0.717, 1.165) is 9.88 Å². The summed E-state index contributed by atoms with van der Waals surface area (Å²) in [7, 11) is 1.36. The normalized spacial score (nSPS) is 17.5. The molecule has 2 rings (SSSR count). The Morgan fingerprint density at radius 2 is 2.33 bits per heavy atom. The van der Waals surface area contributed by atoms with Crippen LogP contribution in [0.2, 0.25) is 0 Å². The molecule has 1 heterocycles. The molecule has 1 atom stereocenters. The Labute approximate surface area is 92.5 Å². The number of nitrogens with zero attached hydrogens (tertiary/aromatic N) is 1. The maximum absolute atomic E-state index is 11.3. The van der Waals surface area contributed by atoms with Crippen molar-refractivity contribution in [3.8, 4) is 0 Å². The molecular weight excluding hydrogens is 212 g/mol. The van der Waals surface area contributed by atoms with Crippen molar-refractivity contribution in [2.24, 2.45) is 11.7 Å². The Kier molecular flexibility index (Phi) is 2.75. The predicted octanol–water partition coefficient (Wildman–Crippen LogP) is 1.65. The molecule has 4 nitrogen and oxygen atoms in total. The van der Waals surface area contributed by atoms with Crippen LogP contribution in [0, 0.1) is 12.8 Å². The standard InChI is InChI=1S/C10H14N2O2S/c1-5-8(10(13)14-2)12-9(15-5)7(11)6-3-4-6/h6-7H,3-4,11H2,1-2H3. The van der Waals surface area contributed by atoms with E-state index >= 15 is 0 Å². The van der Waals surface area contributed by atoms with Crippen LogP contribution >= 0.6 is 11.3 Å². The van der Waals surface area contributed by atoms with Gasteiger partial charge in [-0.25, -0.2) is 9.78 Å². The van der Waals surface area contributed by atoms with Crippen LogP contribution < -0.4 is 5.73 Å². The first-order chi connectivity index (χ1) is 7.13. The Bertz CT molecular complexity index is 385. The fourth-order valence-electron chi connectivity index (χ4n) is 1.50. The van der Waals surface area contributed by atoms with Gasteiger partial charge in [-0.1, -0.05) is 0 Å². The maximum Gasteiger partial charge on any atom is 0.357 e. The van der Waals surface area contributed by atoms with E-state index in [1.54, 1.807) is 0 Å². The number of carbonyl (C=O) groups is 1. The van der Waals surface area contributed by atoms with E-state index in [0.29, 0.717) is 11.6 Å². The first-order valence-electron chi connectivity index (χ1n) is 4.94. The van der Waals surface area contributed by atoms with Crippen molar-refractivity contribution in [2.45, 2.75) is 25.8 Å². The highest BCUT2D eigenvalue weighted by molar-refractivity contribution is 7.11. The van der Waals surface area contributed by atoms with Gasteiger partial charge in [-0.3, -0.25) is 0 Å². The Morgan fingerprint density at radius 1 is 1.67 bits per heavy atom. The van der Waals surface area contributed by atoms with Crippen LogP contribution in [0.4, 0.5) is 0 Å². The number of aromatic nitrogens is 1. The second-order valence-corrected chi connectivity index (χ2v) is 5.05. The summed E-state index contributed by atoms with van der Waals surface area (Å²) < 4.78 is 4.65. The van der Waals surface area contributed by atoms with Gasteiger partial charge in [-0.2, -0.15) is 0 Å². The van der Waals surface area contributed by atoms with Gasteiger partial charge in [-0.15, -0.1) is 11.3 Å². The van der Waals surface area contributed by atoms with E-state index < -0.39 is 0 Å². The van der Waals surface area contributed by atoms with Crippen LogP contribution in [0.25, 0.3) is 0 Å². The van der Waals surface area contributed by atoms with Gasteiger partial charge >= 0.3 is 5.97 Å². The van der Waals surface area contributed by atoms with Crippen molar-refractivity contribution in [1.82, 2.24) is 4.98 Å². The number of carbonyl (C=O) groups excluding carboxylic acids is 1. The van der Waals surface area contributed by atoms with Crippen molar-refractivity contribution < 1.29 is 9.53 Å². The molecule has 0 bridgehead atoms. The zero-order valence-corrected chi connectivity index (χ0v) is 9.63. The topological polar surface area (TPSA) is 65.2 Å². The number of esters is 1. The lowest BCUT2D eigenvalue weighted by Gasteiger charge is -2.04. The number of ether oxygens (including phenoxy) is 1. The van der Waals surface area contributed by atoms with Gasteiger partial charge in [0.15, 0.2) is 5.69 Å². The largest absolute Gasteiger partial charge is 0.464 e. The predicted molar refractivity (Wildman–Crippen MR) is 57.8 cm³/mol. The first kappa shape index (κ1) is 10.6. The summed E-state index contributed by atoms with van der Waals surface area (Å²) in [6.07, 6.45) is 2.35. The second-order valence-electron chi connectivity index (χ2n) is 3.81. The molecule has 1 aromatic heterocycles. The molecule has 1 aromatic rings. The molecule has 1 unspecified atom stereocenters. The van der Waals surface area contributed by atoms with Crippen molar-refractivity contribution in [2.75, 3.05) is 7.11 Å². The average molecular weight is 226 g/mol. The number of hydrogen-bond acceptors (Lipinski definition) is 5. The number of thiazole rings is 1. The Balaban J connectivity index is 2.23. The Hall–Kier alpha value is -0.940. The van der Waals surface area contributed by atoms with E-state index in [1.807, 2.05) is 6.92 Å². The summed E-state index contributed by atoms with van der Waals surface area (Å²) in [6, 6.07) is -0.00731. The van der Waals surface area contributed by atoms with Crippen molar-refractivity contribution in [1.29, 1.82) is 0 Å². The van der Waals surface area contributed by atoms with Gasteiger partial charge in [0, 0.05) is 4.88 Å². The van der Waals surface area contributed by atoms with Gasteiger partial charge in [0.05, 0.1) is 13.2 Å². The van der Waals surface area contributed by atoms with Crippen LogP contribution in [-0.2, 0) is 4.74 Å². The van der Waals surface area contributed by atoms with Crippen molar-refractivity contribution in [3.63, 3.8) is 0 Å². The third-order valence-electron chi connectivity index (χ3n) is 2.61. The highest BCUT2D eigenvalue weighted by Gasteiger charge is 2.32. The molecule has 1 aliphatic carbocycles. The molecule has 0 aromatic carbocycles. The highest BCUT2D eigenvalue weighted by Crippen LogP contribution is 2.40. The minimum atomic E-state index is -0.377. The van der Waals surface area contributed by atoms with E-state index in [-0.39, 0.29) is 12.0 Å². The van der Waals surface area contributed by atoms with Gasteiger partial charge in [0.1, 0.15) is 5.01 Å². The summed E-state index contributed by atoms with van der Waals surface area (Å²) in [5.41, 5.74) is 6.43. The molecule has 5 heteroatoms. The molecule has 1 fully saturated rings. The third kappa shape index (κ3) is 2.03. The lowest BCUT2D eigenvalue weighted by Crippen LogP contribution is -2.12. The molecule has 0 spiro atoms. The van der Waals surface area contributed by atoms with E-state index in [9.17, 15) is 4.79 Å². The molecule has 0 saturated heterocycles. The quantitative estimate of drug-likeness (QED) is 0.796. The highest BCUT2D eigenvalue weighted by atomic mass is 32.1. The zero-order valence-electron chi connectivity index (χ0n) is 8.82. The van der Waals surface area contributed by atoms with Crippen LogP contribution in [0.3, 0.4) is 0 Å². The number of hydrogen-bond donors (Lipinski definition) is 1. The smallest absolute Gasteiger partial charge is 0.357 e. The Morgan fingerprint density at radius 3 is 2.87 bits per heavy atom. The molecular formula is C10H14N2O2S. The number of nitrogens with two attached hydrogens (primary N) is 1. The van der Waals surface area contributed by atoms with E-state index in [1.165, 1.54) is 31.3 Å². The monoisotopic (exact) mass is 226 g/mol. The van der Waals surface area contributed by atoms with Crippen molar-refractivity contribution in [3.05, 3.63) is 15.6 Å². The molecule has 1 aliphatic rings. The molecule has 15 heavy (non-hydrogen) atoms. The lowest BCUT2D eigenvalue weighted by atomic mass is 10.2. The molecule has 0 amide bonds. The molecule has 1 saturated carbocycles. The molecule has 0 radical (unpaired) electrons.